The van der Waals surface area contributed by atoms with Crippen LogP contribution in [0.25, 0.3) is 0 Å². The predicted molar refractivity (Wildman–Crippen MR) is 84.2 cm³/mol. The van der Waals surface area contributed by atoms with Crippen molar-refractivity contribution in [2.75, 3.05) is 12.9 Å². The van der Waals surface area contributed by atoms with Crippen LogP contribution >= 0.6 is 27.7 Å². The van der Waals surface area contributed by atoms with E-state index in [0.29, 0.717) is 21.4 Å². The quantitative estimate of drug-likeness (QED) is 0.741. The van der Waals surface area contributed by atoms with Crippen molar-refractivity contribution in [3.63, 3.8) is 0 Å². The fourth-order valence-corrected chi connectivity index (χ4v) is 2.96. The van der Waals surface area contributed by atoms with E-state index in [1.54, 1.807) is 6.07 Å². The fraction of sp³-hybridized carbons (Fsp3) is 0.429. The highest BCUT2D eigenvalue weighted by molar-refractivity contribution is 9.10. The standard InChI is InChI=1S/C14H17BrO5S/c1-8(16)21-6-5-12(17)13(18)10-4-3-9(7-11(10)15)14(19)20-2/h3-4,7,12-13,17-18H,5-6H2,1-2H3. The van der Waals surface area contributed by atoms with Crippen LogP contribution in [0.5, 0.6) is 0 Å². The first-order valence-electron chi connectivity index (χ1n) is 6.24. The first-order chi connectivity index (χ1) is 9.86. The Morgan fingerprint density at radius 1 is 1.38 bits per heavy atom. The van der Waals surface area contributed by atoms with Gasteiger partial charge in [0.1, 0.15) is 6.10 Å². The average Bonchev–Trinajstić information content (AvgIpc) is 2.45. The SMILES string of the molecule is COC(=O)c1ccc(C(O)C(O)CCSC(C)=O)c(Br)c1. The van der Waals surface area contributed by atoms with Crippen molar-refractivity contribution in [1.82, 2.24) is 0 Å². The van der Waals surface area contributed by atoms with Gasteiger partial charge < -0.3 is 14.9 Å². The van der Waals surface area contributed by atoms with Crippen LogP contribution in [0.1, 0.15) is 35.4 Å². The molecule has 0 aliphatic heterocycles. The second-order valence-electron chi connectivity index (χ2n) is 4.37. The Morgan fingerprint density at radius 2 is 2.05 bits per heavy atom. The van der Waals surface area contributed by atoms with E-state index in [2.05, 4.69) is 20.7 Å². The number of benzene rings is 1. The molecular formula is C14H17BrO5S. The molecule has 0 fully saturated rings. The number of ether oxygens (including phenoxy) is 1. The number of rotatable bonds is 6. The number of carbonyl (C=O) groups excluding carboxylic acids is 2. The number of hydrogen-bond acceptors (Lipinski definition) is 6. The third-order valence-corrected chi connectivity index (χ3v) is 4.36. The van der Waals surface area contributed by atoms with Crippen molar-refractivity contribution in [2.24, 2.45) is 0 Å². The van der Waals surface area contributed by atoms with Gasteiger partial charge in [0.25, 0.3) is 0 Å². The second-order valence-corrected chi connectivity index (χ2v) is 6.49. The van der Waals surface area contributed by atoms with Crippen LogP contribution in [0.3, 0.4) is 0 Å². The Labute approximate surface area is 135 Å². The maximum atomic E-state index is 11.4. The number of carbonyl (C=O) groups is 2. The minimum atomic E-state index is -1.10. The molecule has 0 radical (unpaired) electrons. The summed E-state index contributed by atoms with van der Waals surface area (Å²) < 4.78 is 5.12. The van der Waals surface area contributed by atoms with E-state index in [4.69, 9.17) is 0 Å². The zero-order valence-electron chi connectivity index (χ0n) is 11.7. The summed E-state index contributed by atoms with van der Waals surface area (Å²) in [6.45, 7) is 1.45. The van der Waals surface area contributed by atoms with Crippen LogP contribution in [-0.4, -0.2) is 40.3 Å². The molecule has 1 rings (SSSR count). The molecule has 2 unspecified atom stereocenters. The fourth-order valence-electron chi connectivity index (χ4n) is 1.70. The predicted octanol–water partition coefficient (Wildman–Crippen LogP) is 2.30. The lowest BCUT2D eigenvalue weighted by Gasteiger charge is -2.19. The van der Waals surface area contributed by atoms with Crippen LogP contribution in [0.4, 0.5) is 0 Å². The van der Waals surface area contributed by atoms with E-state index in [-0.39, 0.29) is 11.5 Å². The zero-order valence-corrected chi connectivity index (χ0v) is 14.1. The molecule has 1 aromatic rings. The first kappa shape index (κ1) is 18.2. The number of aliphatic hydroxyl groups excluding tert-OH is 2. The zero-order chi connectivity index (χ0) is 16.0. The topological polar surface area (TPSA) is 83.8 Å². The van der Waals surface area contributed by atoms with E-state index < -0.39 is 18.2 Å². The Hall–Kier alpha value is -0.890. The molecule has 0 saturated heterocycles. The second kappa shape index (κ2) is 8.53. The summed E-state index contributed by atoms with van der Waals surface area (Å²) in [6.07, 6.45) is -1.80. The number of halogens is 1. The average molecular weight is 377 g/mol. The molecule has 0 saturated carbocycles. The van der Waals surface area contributed by atoms with Crippen LogP contribution < -0.4 is 0 Å². The van der Waals surface area contributed by atoms with Gasteiger partial charge in [-0.25, -0.2) is 4.79 Å². The van der Waals surface area contributed by atoms with Gasteiger partial charge in [0, 0.05) is 17.1 Å². The van der Waals surface area contributed by atoms with Crippen molar-refractivity contribution in [3.8, 4) is 0 Å². The van der Waals surface area contributed by atoms with Crippen LogP contribution in [0.2, 0.25) is 0 Å². The highest BCUT2D eigenvalue weighted by atomic mass is 79.9. The van der Waals surface area contributed by atoms with Gasteiger partial charge in [0.05, 0.1) is 18.8 Å². The Morgan fingerprint density at radius 3 is 2.57 bits per heavy atom. The third kappa shape index (κ3) is 5.43. The largest absolute Gasteiger partial charge is 0.465 e. The van der Waals surface area contributed by atoms with Gasteiger partial charge in [-0.1, -0.05) is 33.8 Å². The highest BCUT2D eigenvalue weighted by Gasteiger charge is 2.21. The minimum absolute atomic E-state index is 0.0275. The molecule has 0 aliphatic carbocycles. The lowest BCUT2D eigenvalue weighted by molar-refractivity contribution is -0.109. The molecule has 0 amide bonds. The van der Waals surface area contributed by atoms with E-state index in [9.17, 15) is 19.8 Å². The lowest BCUT2D eigenvalue weighted by Crippen LogP contribution is -2.19. The summed E-state index contributed by atoms with van der Waals surface area (Å²) in [7, 11) is 1.29. The smallest absolute Gasteiger partial charge is 0.337 e. The van der Waals surface area contributed by atoms with Crippen molar-refractivity contribution in [1.29, 1.82) is 0 Å². The molecule has 0 spiro atoms. The molecule has 2 N–H and O–H groups in total. The molecule has 116 valence electrons. The van der Waals surface area contributed by atoms with Gasteiger partial charge >= 0.3 is 5.97 Å². The maximum absolute atomic E-state index is 11.4. The molecule has 5 nitrogen and oxygen atoms in total. The van der Waals surface area contributed by atoms with Crippen LogP contribution in [0, 0.1) is 0 Å². The van der Waals surface area contributed by atoms with Crippen LogP contribution in [-0.2, 0) is 9.53 Å². The van der Waals surface area contributed by atoms with Gasteiger partial charge in [-0.3, -0.25) is 4.79 Å². The molecule has 0 aromatic heterocycles. The molecule has 21 heavy (non-hydrogen) atoms. The molecule has 2 atom stereocenters. The first-order valence-corrected chi connectivity index (χ1v) is 8.02. The molecule has 0 heterocycles. The minimum Gasteiger partial charge on any atom is -0.465 e. The third-order valence-electron chi connectivity index (χ3n) is 2.82. The lowest BCUT2D eigenvalue weighted by atomic mass is 10.0. The summed E-state index contributed by atoms with van der Waals surface area (Å²) in [5.74, 6) is -0.0408. The number of aliphatic hydroxyl groups is 2. The Kier molecular flexibility index (Phi) is 7.37. The summed E-state index contributed by atoms with van der Waals surface area (Å²) >= 11 is 4.37. The van der Waals surface area contributed by atoms with Crippen LogP contribution in [0.15, 0.2) is 22.7 Å². The molecule has 0 bridgehead atoms. The van der Waals surface area contributed by atoms with Gasteiger partial charge in [-0.2, -0.15) is 0 Å². The van der Waals surface area contributed by atoms with E-state index in [1.165, 1.54) is 26.2 Å². The number of methoxy groups -OCH3 is 1. The summed E-state index contributed by atoms with van der Waals surface area (Å²) in [5, 5.41) is 20.0. The molecule has 0 aliphatic rings. The van der Waals surface area contributed by atoms with Crippen molar-refractivity contribution >= 4 is 38.8 Å². The summed E-state index contributed by atoms with van der Waals surface area (Å²) in [4.78, 5) is 22.2. The van der Waals surface area contributed by atoms with E-state index >= 15 is 0 Å². The van der Waals surface area contributed by atoms with E-state index in [1.807, 2.05) is 0 Å². The molecule has 1 aromatic carbocycles. The number of esters is 1. The normalized spacial score (nSPS) is 13.6. The monoisotopic (exact) mass is 376 g/mol. The maximum Gasteiger partial charge on any atom is 0.337 e. The Balaban J connectivity index is 2.75. The number of hydrogen-bond donors (Lipinski definition) is 2. The van der Waals surface area contributed by atoms with Crippen molar-refractivity contribution in [3.05, 3.63) is 33.8 Å². The van der Waals surface area contributed by atoms with Crippen molar-refractivity contribution in [2.45, 2.75) is 25.6 Å². The molecular weight excluding hydrogens is 360 g/mol. The summed E-state index contributed by atoms with van der Waals surface area (Å²) in [5.41, 5.74) is 0.824. The number of thioether (sulfide) groups is 1. The van der Waals surface area contributed by atoms with Gasteiger partial charge in [-0.05, 0) is 24.1 Å². The van der Waals surface area contributed by atoms with Gasteiger partial charge in [0.2, 0.25) is 0 Å². The summed E-state index contributed by atoms with van der Waals surface area (Å²) in [6, 6.07) is 4.61. The molecule has 7 heteroatoms. The highest BCUT2D eigenvalue weighted by Crippen LogP contribution is 2.28. The van der Waals surface area contributed by atoms with Crippen molar-refractivity contribution < 1.29 is 24.5 Å². The van der Waals surface area contributed by atoms with E-state index in [0.717, 1.165) is 11.8 Å². The van der Waals surface area contributed by atoms with Gasteiger partial charge in [-0.15, -0.1) is 0 Å². The Bertz CT molecular complexity index is 520. The van der Waals surface area contributed by atoms with Gasteiger partial charge in [0.15, 0.2) is 5.12 Å².